The van der Waals surface area contributed by atoms with Gasteiger partial charge in [0.05, 0.1) is 26.7 Å². The lowest BCUT2D eigenvalue weighted by atomic mass is 10.1. The third-order valence-corrected chi connectivity index (χ3v) is 4.97. The molecule has 3 aromatic rings. The first-order valence-corrected chi connectivity index (χ1v) is 9.94. The molecule has 1 saturated heterocycles. The van der Waals surface area contributed by atoms with Crippen molar-refractivity contribution >= 4 is 23.1 Å². The number of hydrogen-bond donors (Lipinski definition) is 0. The molecule has 4 rings (SSSR count). The highest BCUT2D eigenvalue weighted by atomic mass is 16.6. The predicted octanol–water partition coefficient (Wildman–Crippen LogP) is 2.46. The number of aromatic nitrogens is 4. The Morgan fingerprint density at radius 1 is 1.17 bits per heavy atom. The highest BCUT2D eigenvalue weighted by Gasteiger charge is 2.20. The number of nitrogens with zero attached hydrogens (tertiary/aromatic N) is 5. The van der Waals surface area contributed by atoms with Crippen LogP contribution in [0.5, 0.6) is 5.75 Å². The molecule has 3 heterocycles. The number of benzene rings is 1. The van der Waals surface area contributed by atoms with Gasteiger partial charge in [-0.15, -0.1) is 0 Å². The van der Waals surface area contributed by atoms with Gasteiger partial charge in [-0.2, -0.15) is 4.98 Å². The molecule has 0 saturated carbocycles. The van der Waals surface area contributed by atoms with Crippen LogP contribution in [0.4, 0.5) is 5.95 Å². The Bertz CT molecular complexity index is 1030. The summed E-state index contributed by atoms with van der Waals surface area (Å²) in [4.78, 5) is 27.7. The van der Waals surface area contributed by atoms with E-state index in [1.165, 1.54) is 7.11 Å². The van der Waals surface area contributed by atoms with Crippen molar-refractivity contribution in [1.82, 2.24) is 19.5 Å². The molecule has 0 atom stereocenters. The number of methoxy groups -OCH3 is 1. The Morgan fingerprint density at radius 2 is 1.90 bits per heavy atom. The van der Waals surface area contributed by atoms with Crippen LogP contribution in [0.25, 0.3) is 22.4 Å². The van der Waals surface area contributed by atoms with Gasteiger partial charge in [0.1, 0.15) is 17.0 Å². The topological polar surface area (TPSA) is 91.6 Å². The number of imidazole rings is 1. The minimum Gasteiger partial charge on any atom is -0.482 e. The lowest BCUT2D eigenvalue weighted by Crippen LogP contribution is -2.37. The van der Waals surface area contributed by atoms with Crippen molar-refractivity contribution in [3.05, 3.63) is 30.6 Å². The largest absolute Gasteiger partial charge is 0.482 e. The number of esters is 1. The van der Waals surface area contributed by atoms with E-state index in [1.54, 1.807) is 12.1 Å². The Morgan fingerprint density at radius 3 is 2.57 bits per heavy atom. The van der Waals surface area contributed by atoms with Gasteiger partial charge in [-0.3, -0.25) is 0 Å². The lowest BCUT2D eigenvalue weighted by molar-refractivity contribution is -0.142. The summed E-state index contributed by atoms with van der Waals surface area (Å²) in [5, 5.41) is 0. The summed E-state index contributed by atoms with van der Waals surface area (Å²) in [6, 6.07) is 7.65. The molecule has 9 nitrogen and oxygen atoms in total. The number of carbonyl (C=O) groups excluding carboxylic acids is 1. The second-order valence-electron chi connectivity index (χ2n) is 7.28. The maximum atomic E-state index is 11.3. The van der Waals surface area contributed by atoms with E-state index in [1.807, 2.05) is 18.5 Å². The van der Waals surface area contributed by atoms with Crippen molar-refractivity contribution < 1.29 is 19.0 Å². The molecule has 1 aromatic carbocycles. The predicted molar refractivity (Wildman–Crippen MR) is 112 cm³/mol. The molecule has 0 N–H and O–H groups in total. The Hall–Kier alpha value is -3.20. The van der Waals surface area contributed by atoms with Gasteiger partial charge in [-0.1, -0.05) is 0 Å². The molecule has 0 bridgehead atoms. The number of morpholine rings is 1. The van der Waals surface area contributed by atoms with Crippen LogP contribution in [-0.4, -0.2) is 65.5 Å². The summed E-state index contributed by atoms with van der Waals surface area (Å²) in [6.45, 7) is 6.89. The number of hydrogen-bond acceptors (Lipinski definition) is 8. The molecule has 158 valence electrons. The Labute approximate surface area is 174 Å². The van der Waals surface area contributed by atoms with E-state index >= 15 is 0 Å². The summed E-state index contributed by atoms with van der Waals surface area (Å²) in [7, 11) is 1.33. The summed E-state index contributed by atoms with van der Waals surface area (Å²) in [5.41, 5.74) is 3.23. The zero-order valence-corrected chi connectivity index (χ0v) is 17.4. The smallest absolute Gasteiger partial charge is 0.343 e. The van der Waals surface area contributed by atoms with Gasteiger partial charge in [-0.05, 0) is 38.1 Å². The minimum absolute atomic E-state index is 0.131. The van der Waals surface area contributed by atoms with Crippen molar-refractivity contribution in [2.75, 3.05) is 44.9 Å². The summed E-state index contributed by atoms with van der Waals surface area (Å²) in [6.07, 6.45) is 1.81. The molecule has 9 heteroatoms. The Kier molecular flexibility index (Phi) is 5.80. The number of fused-ring (bicyclic) bond motifs is 1. The highest BCUT2D eigenvalue weighted by Crippen LogP contribution is 2.30. The normalized spacial score (nSPS) is 14.3. The van der Waals surface area contributed by atoms with Crippen molar-refractivity contribution in [3.63, 3.8) is 0 Å². The number of ether oxygens (including phenoxy) is 3. The van der Waals surface area contributed by atoms with Crippen molar-refractivity contribution in [3.8, 4) is 17.0 Å². The van der Waals surface area contributed by atoms with E-state index < -0.39 is 5.97 Å². The zero-order chi connectivity index (χ0) is 21.1. The molecule has 1 fully saturated rings. The van der Waals surface area contributed by atoms with Crippen LogP contribution < -0.4 is 9.64 Å². The van der Waals surface area contributed by atoms with Crippen LogP contribution in [0.3, 0.4) is 0 Å². The quantitative estimate of drug-likeness (QED) is 0.571. The van der Waals surface area contributed by atoms with Crippen LogP contribution in [0.2, 0.25) is 0 Å². The van der Waals surface area contributed by atoms with Gasteiger partial charge in [0.2, 0.25) is 5.95 Å². The molecule has 1 aliphatic rings. The molecule has 0 radical (unpaired) electrons. The fourth-order valence-electron chi connectivity index (χ4n) is 3.30. The van der Waals surface area contributed by atoms with Gasteiger partial charge < -0.3 is 23.7 Å². The molecular formula is C21H25N5O4. The number of rotatable bonds is 6. The molecular weight excluding hydrogens is 386 g/mol. The van der Waals surface area contributed by atoms with E-state index in [4.69, 9.17) is 19.4 Å². The monoisotopic (exact) mass is 411 g/mol. The maximum absolute atomic E-state index is 11.3. The first-order valence-electron chi connectivity index (χ1n) is 9.94. The minimum atomic E-state index is -0.425. The zero-order valence-electron chi connectivity index (χ0n) is 17.4. The number of anilines is 1. The SMILES string of the molecule is COC(=O)COc1ccc(-c2nc(N3CCOCC3)nc3c2ncn3C(C)C)cc1. The van der Waals surface area contributed by atoms with Crippen molar-refractivity contribution in [2.45, 2.75) is 19.9 Å². The lowest BCUT2D eigenvalue weighted by Gasteiger charge is -2.27. The third kappa shape index (κ3) is 4.06. The van der Waals surface area contributed by atoms with Crippen LogP contribution >= 0.6 is 0 Å². The number of carbonyl (C=O) groups is 1. The van der Waals surface area contributed by atoms with Crippen LogP contribution in [-0.2, 0) is 14.3 Å². The van der Waals surface area contributed by atoms with Gasteiger partial charge in [0.25, 0.3) is 0 Å². The van der Waals surface area contributed by atoms with Crippen LogP contribution in [0, 0.1) is 0 Å². The van der Waals surface area contributed by atoms with Crippen molar-refractivity contribution in [2.24, 2.45) is 0 Å². The summed E-state index contributed by atoms with van der Waals surface area (Å²) in [5.74, 6) is 0.829. The molecule has 0 amide bonds. The highest BCUT2D eigenvalue weighted by molar-refractivity contribution is 5.88. The molecule has 0 unspecified atom stereocenters. The standard InChI is InChI=1S/C21H25N5O4/c1-14(2)26-13-22-19-18(15-4-6-16(7-5-15)30-12-17(27)28-3)23-21(24-20(19)26)25-8-10-29-11-9-25/h4-7,13-14H,8-12H2,1-3H3. The van der Waals surface area contributed by atoms with E-state index in [0.29, 0.717) is 24.9 Å². The average molecular weight is 411 g/mol. The fraction of sp³-hybridized carbons (Fsp3) is 0.429. The first kappa shape index (κ1) is 20.1. The molecule has 30 heavy (non-hydrogen) atoms. The third-order valence-electron chi connectivity index (χ3n) is 4.97. The average Bonchev–Trinajstić information content (AvgIpc) is 3.22. The fourth-order valence-corrected chi connectivity index (χ4v) is 3.30. The maximum Gasteiger partial charge on any atom is 0.343 e. The second kappa shape index (κ2) is 8.66. The first-order chi connectivity index (χ1) is 14.6. The second-order valence-corrected chi connectivity index (χ2v) is 7.28. The van der Waals surface area contributed by atoms with E-state index in [2.05, 4.69) is 33.0 Å². The van der Waals surface area contributed by atoms with Crippen LogP contribution in [0.1, 0.15) is 19.9 Å². The summed E-state index contributed by atoms with van der Waals surface area (Å²) >= 11 is 0. The van der Waals surface area contributed by atoms with Gasteiger partial charge in [-0.25, -0.2) is 14.8 Å². The van der Waals surface area contributed by atoms with Gasteiger partial charge in [0, 0.05) is 24.7 Å². The van der Waals surface area contributed by atoms with E-state index in [-0.39, 0.29) is 12.6 Å². The molecule has 0 spiro atoms. The Balaban J connectivity index is 1.72. The van der Waals surface area contributed by atoms with Crippen LogP contribution in [0.15, 0.2) is 30.6 Å². The van der Waals surface area contributed by atoms with E-state index in [9.17, 15) is 4.79 Å². The molecule has 1 aliphatic heterocycles. The molecule has 0 aliphatic carbocycles. The van der Waals surface area contributed by atoms with E-state index in [0.717, 1.165) is 35.5 Å². The summed E-state index contributed by atoms with van der Waals surface area (Å²) < 4.78 is 17.6. The van der Waals surface area contributed by atoms with Gasteiger partial charge in [0.15, 0.2) is 12.3 Å². The molecule has 2 aromatic heterocycles. The van der Waals surface area contributed by atoms with Gasteiger partial charge >= 0.3 is 5.97 Å². The van der Waals surface area contributed by atoms with Crippen molar-refractivity contribution in [1.29, 1.82) is 0 Å².